The number of carbonyl (C=O) groups is 1. The molecule has 0 saturated carbocycles. The van der Waals surface area contributed by atoms with Crippen molar-refractivity contribution in [1.29, 1.82) is 0 Å². The molecule has 31 heavy (non-hydrogen) atoms. The van der Waals surface area contributed by atoms with Crippen molar-refractivity contribution in [3.8, 4) is 17.1 Å². The lowest BCUT2D eigenvalue weighted by Crippen LogP contribution is -2.46. The highest BCUT2D eigenvalue weighted by Crippen LogP contribution is 2.37. The molecule has 2 aromatic heterocycles. The summed E-state index contributed by atoms with van der Waals surface area (Å²) in [6.45, 7) is 5.96. The van der Waals surface area contributed by atoms with Crippen LogP contribution in [-0.2, 0) is 11.3 Å². The van der Waals surface area contributed by atoms with Crippen molar-refractivity contribution in [3.63, 3.8) is 0 Å². The molecule has 4 aromatic rings. The second-order valence-electron chi connectivity index (χ2n) is 8.65. The van der Waals surface area contributed by atoms with Crippen LogP contribution < -0.4 is 10.9 Å². The molecular weight excluding hydrogens is 396 g/mol. The minimum atomic E-state index is -0.639. The zero-order valence-electron chi connectivity index (χ0n) is 17.5. The third kappa shape index (κ3) is 3.04. The van der Waals surface area contributed by atoms with Gasteiger partial charge in [-0.1, -0.05) is 30.3 Å². The van der Waals surface area contributed by atoms with E-state index < -0.39 is 11.7 Å². The lowest BCUT2D eigenvalue weighted by molar-refractivity contribution is 0.0350. The Kier molecular flexibility index (Phi) is 4.12. The maximum atomic E-state index is 13.5. The molecule has 0 bridgehead atoms. The molecule has 1 amide bonds. The standard InChI is InChI=1S/C24H22N2O5/c1-24(2,3)31-23(29)25-11-12-26-15(13-25)18-16(27)9-10-17-19(18)20(22(26)28)21(30-17)14-7-5-4-6-8-14/h4-10,13,27H,11-12H2,1-3H3. The van der Waals surface area contributed by atoms with Crippen molar-refractivity contribution in [1.82, 2.24) is 9.47 Å². The minimum absolute atomic E-state index is 0.0175. The number of nitrogens with zero attached hydrogens (tertiary/aromatic N) is 2. The molecular formula is C24H22N2O5. The van der Waals surface area contributed by atoms with Crippen LogP contribution in [0.4, 0.5) is 4.79 Å². The summed E-state index contributed by atoms with van der Waals surface area (Å²) in [7, 11) is 0. The van der Waals surface area contributed by atoms with Crippen LogP contribution in [0.3, 0.4) is 0 Å². The first-order valence-corrected chi connectivity index (χ1v) is 10.1. The van der Waals surface area contributed by atoms with Gasteiger partial charge >= 0.3 is 6.09 Å². The minimum Gasteiger partial charge on any atom is -0.507 e. The Morgan fingerprint density at radius 2 is 1.77 bits per heavy atom. The molecule has 1 aliphatic rings. The number of phenolic OH excluding ortho intramolecular Hbond substituents is 1. The van der Waals surface area contributed by atoms with E-state index in [1.807, 2.05) is 30.3 Å². The van der Waals surface area contributed by atoms with Gasteiger partial charge in [-0.3, -0.25) is 9.69 Å². The molecule has 0 unspecified atom stereocenters. The molecule has 158 valence electrons. The predicted molar refractivity (Wildman–Crippen MR) is 118 cm³/mol. The van der Waals surface area contributed by atoms with Crippen LogP contribution in [0.25, 0.3) is 39.3 Å². The molecule has 7 nitrogen and oxygen atoms in total. The first kappa shape index (κ1) is 19.2. The Balaban J connectivity index is 1.82. The summed E-state index contributed by atoms with van der Waals surface area (Å²) in [5.74, 6) is 0.491. The highest BCUT2D eigenvalue weighted by atomic mass is 16.6. The third-order valence-corrected chi connectivity index (χ3v) is 5.35. The van der Waals surface area contributed by atoms with Crippen molar-refractivity contribution in [3.05, 3.63) is 58.2 Å². The van der Waals surface area contributed by atoms with Crippen LogP contribution in [-0.4, -0.2) is 32.8 Å². The molecule has 0 atom stereocenters. The molecule has 0 spiro atoms. The number of amides is 1. The van der Waals surface area contributed by atoms with E-state index in [0.717, 1.165) is 5.56 Å². The Labute approximate surface area is 177 Å². The van der Waals surface area contributed by atoms with Crippen molar-refractivity contribution in [2.45, 2.75) is 32.9 Å². The molecule has 0 radical (unpaired) electrons. The van der Waals surface area contributed by atoms with Gasteiger partial charge in [0.1, 0.15) is 22.7 Å². The number of pyridine rings is 1. The Morgan fingerprint density at radius 1 is 1.03 bits per heavy atom. The van der Waals surface area contributed by atoms with Gasteiger partial charge in [0.15, 0.2) is 0 Å². The monoisotopic (exact) mass is 418 g/mol. The van der Waals surface area contributed by atoms with Gasteiger partial charge in [0, 0.05) is 30.2 Å². The molecule has 1 N–H and O–H groups in total. The second-order valence-corrected chi connectivity index (χ2v) is 8.65. The van der Waals surface area contributed by atoms with Gasteiger partial charge in [0.25, 0.3) is 5.56 Å². The number of hydrogen-bond donors (Lipinski definition) is 1. The average molecular weight is 418 g/mol. The summed E-state index contributed by atoms with van der Waals surface area (Å²) in [5.41, 5.74) is 0.433. The van der Waals surface area contributed by atoms with Crippen molar-refractivity contribution < 1.29 is 19.1 Å². The van der Waals surface area contributed by atoms with E-state index in [-0.39, 0.29) is 24.4 Å². The van der Waals surface area contributed by atoms with Crippen molar-refractivity contribution in [2.75, 3.05) is 6.54 Å². The van der Waals surface area contributed by atoms with Crippen LogP contribution in [0, 0.1) is 0 Å². The number of aromatic hydroxyl groups is 1. The number of phenols is 1. The van der Waals surface area contributed by atoms with Gasteiger partial charge < -0.3 is 18.8 Å². The molecule has 0 saturated heterocycles. The number of benzene rings is 2. The highest BCUT2D eigenvalue weighted by molar-refractivity contribution is 6.14. The quantitative estimate of drug-likeness (QED) is 0.508. The van der Waals surface area contributed by atoms with E-state index in [9.17, 15) is 14.7 Å². The average Bonchev–Trinajstić information content (AvgIpc) is 3.12. The molecule has 5 rings (SSSR count). The van der Waals surface area contributed by atoms with Gasteiger partial charge in [0.2, 0.25) is 0 Å². The summed E-state index contributed by atoms with van der Waals surface area (Å²) in [6.07, 6.45) is 1.07. The second kappa shape index (κ2) is 6.63. The Bertz CT molecular complexity index is 1440. The van der Waals surface area contributed by atoms with E-state index in [1.165, 1.54) is 4.90 Å². The summed E-state index contributed by atoms with van der Waals surface area (Å²) in [5, 5.41) is 12.6. The zero-order valence-corrected chi connectivity index (χ0v) is 17.5. The van der Waals surface area contributed by atoms with Gasteiger partial charge in [-0.2, -0.15) is 0 Å². The number of aromatic nitrogens is 1. The molecule has 1 aliphatic heterocycles. The molecule has 7 heteroatoms. The van der Waals surface area contributed by atoms with Crippen LogP contribution in [0.5, 0.6) is 5.75 Å². The molecule has 0 aliphatic carbocycles. The van der Waals surface area contributed by atoms with Crippen molar-refractivity contribution >= 4 is 34.0 Å². The predicted octanol–water partition coefficient (Wildman–Crippen LogP) is 3.83. The Morgan fingerprint density at radius 3 is 2.48 bits per heavy atom. The first-order valence-electron chi connectivity index (χ1n) is 10.1. The third-order valence-electron chi connectivity index (χ3n) is 5.35. The summed E-state index contributed by atoms with van der Waals surface area (Å²) in [6, 6.07) is 12.6. The van der Waals surface area contributed by atoms with Crippen LogP contribution >= 0.6 is 0 Å². The van der Waals surface area contributed by atoms with E-state index in [4.69, 9.17) is 9.15 Å². The number of carbonyl (C=O) groups excluding carboxylic acids is 1. The maximum Gasteiger partial charge on any atom is 0.414 e. The summed E-state index contributed by atoms with van der Waals surface area (Å²) in [4.78, 5) is 27.6. The van der Waals surface area contributed by atoms with Crippen molar-refractivity contribution in [2.24, 2.45) is 0 Å². The number of fused-ring (bicyclic) bond motifs is 2. The fraction of sp³-hybridized carbons (Fsp3) is 0.250. The SMILES string of the molecule is CC(C)(C)OC(=O)N1C=c2c3c(O)ccc4oc(-c5ccccc5)c(c(=O)n2CC1)c43. The summed E-state index contributed by atoms with van der Waals surface area (Å²) >= 11 is 0. The smallest absolute Gasteiger partial charge is 0.414 e. The largest absolute Gasteiger partial charge is 0.507 e. The van der Waals surface area contributed by atoms with Gasteiger partial charge in [-0.15, -0.1) is 0 Å². The number of rotatable bonds is 1. The summed E-state index contributed by atoms with van der Waals surface area (Å²) < 4.78 is 13.1. The van der Waals surface area contributed by atoms with Crippen LogP contribution in [0.2, 0.25) is 0 Å². The normalized spacial score (nSPS) is 14.0. The number of hydrogen-bond acceptors (Lipinski definition) is 5. The van der Waals surface area contributed by atoms with Crippen LogP contribution in [0.1, 0.15) is 20.8 Å². The molecule has 2 aromatic carbocycles. The van der Waals surface area contributed by atoms with Gasteiger partial charge in [-0.05, 0) is 32.9 Å². The fourth-order valence-electron chi connectivity index (χ4n) is 4.06. The number of furan rings is 1. The topological polar surface area (TPSA) is 84.9 Å². The Hall–Kier alpha value is -3.74. The zero-order chi connectivity index (χ0) is 21.9. The molecule has 0 fully saturated rings. The lowest BCUT2D eigenvalue weighted by atomic mass is 10.0. The van der Waals surface area contributed by atoms with Gasteiger partial charge in [0.05, 0.1) is 16.1 Å². The molecule has 3 heterocycles. The van der Waals surface area contributed by atoms with Gasteiger partial charge in [-0.25, -0.2) is 4.79 Å². The fourth-order valence-corrected chi connectivity index (χ4v) is 4.06. The number of ether oxygens (including phenoxy) is 1. The van der Waals surface area contributed by atoms with E-state index in [1.54, 1.807) is 43.7 Å². The lowest BCUT2D eigenvalue weighted by Gasteiger charge is -2.28. The van der Waals surface area contributed by atoms with Crippen LogP contribution in [0.15, 0.2) is 51.7 Å². The maximum absolute atomic E-state index is 13.5. The first-order chi connectivity index (χ1) is 14.7. The van der Waals surface area contributed by atoms with E-state index in [0.29, 0.717) is 32.9 Å². The highest BCUT2D eigenvalue weighted by Gasteiger charge is 2.27. The van der Waals surface area contributed by atoms with E-state index in [2.05, 4.69) is 0 Å². The van der Waals surface area contributed by atoms with E-state index >= 15 is 0 Å².